The molecule has 0 aliphatic rings. The van der Waals surface area contributed by atoms with Crippen molar-refractivity contribution in [1.29, 1.82) is 0 Å². The maximum absolute atomic E-state index is 13.1. The van der Waals surface area contributed by atoms with E-state index in [0.717, 1.165) is 21.2 Å². The van der Waals surface area contributed by atoms with Crippen LogP contribution in [-0.4, -0.2) is 29.3 Å². The summed E-state index contributed by atoms with van der Waals surface area (Å²) in [5.41, 5.74) is 3.10. The Morgan fingerprint density at radius 2 is 1.54 bits per heavy atom. The van der Waals surface area contributed by atoms with Gasteiger partial charge in [0.25, 0.3) is 0 Å². The average molecular weight is 445 g/mol. The predicted molar refractivity (Wildman–Crippen MR) is 117 cm³/mol. The summed E-state index contributed by atoms with van der Waals surface area (Å²) >= 11 is 3.43. The number of nitrogens with one attached hydrogen (secondary N) is 1. The maximum atomic E-state index is 13.1. The lowest BCUT2D eigenvalue weighted by atomic mass is 10.1. The molecule has 0 fully saturated rings. The van der Waals surface area contributed by atoms with Gasteiger partial charge in [-0.2, -0.15) is 0 Å². The fourth-order valence-electron chi connectivity index (χ4n) is 2.80. The number of nitrogens with zero attached hydrogens (tertiary/aromatic N) is 1. The second-order valence-electron chi connectivity index (χ2n) is 7.63. The van der Waals surface area contributed by atoms with E-state index in [1.54, 1.807) is 11.8 Å². The zero-order valence-corrected chi connectivity index (χ0v) is 18.6. The normalized spacial score (nSPS) is 11.9. The van der Waals surface area contributed by atoms with Crippen LogP contribution in [0.1, 0.15) is 37.5 Å². The largest absolute Gasteiger partial charge is 0.354 e. The summed E-state index contributed by atoms with van der Waals surface area (Å²) in [7, 11) is 0. The highest BCUT2D eigenvalue weighted by molar-refractivity contribution is 9.10. The first kappa shape index (κ1) is 22.2. The van der Waals surface area contributed by atoms with E-state index in [9.17, 15) is 9.59 Å². The van der Waals surface area contributed by atoms with Gasteiger partial charge in [0.2, 0.25) is 11.8 Å². The number of benzene rings is 2. The van der Waals surface area contributed by atoms with Crippen LogP contribution < -0.4 is 5.32 Å². The third-order valence-corrected chi connectivity index (χ3v) is 5.12. The summed E-state index contributed by atoms with van der Waals surface area (Å²) in [4.78, 5) is 27.4. The molecular formula is C23H29BrN2O2. The Hall–Kier alpha value is -2.14. The predicted octanol–water partition coefficient (Wildman–Crippen LogP) is 4.49. The minimum Gasteiger partial charge on any atom is -0.354 e. The smallest absolute Gasteiger partial charge is 0.242 e. The van der Waals surface area contributed by atoms with Crippen LogP contribution in [0.4, 0.5) is 0 Å². The van der Waals surface area contributed by atoms with Gasteiger partial charge in [-0.3, -0.25) is 9.59 Å². The van der Waals surface area contributed by atoms with Crippen molar-refractivity contribution in [3.63, 3.8) is 0 Å². The van der Waals surface area contributed by atoms with Gasteiger partial charge in [0, 0.05) is 17.6 Å². The number of amides is 2. The van der Waals surface area contributed by atoms with Gasteiger partial charge in [0.05, 0.1) is 6.42 Å². The summed E-state index contributed by atoms with van der Waals surface area (Å²) in [6.45, 7) is 8.91. The average Bonchev–Trinajstić information content (AvgIpc) is 2.66. The van der Waals surface area contributed by atoms with E-state index < -0.39 is 6.04 Å². The second kappa shape index (κ2) is 10.4. The molecule has 2 aromatic rings. The van der Waals surface area contributed by atoms with E-state index in [0.29, 0.717) is 19.0 Å². The molecule has 0 aromatic heterocycles. The van der Waals surface area contributed by atoms with Gasteiger partial charge in [-0.1, -0.05) is 71.7 Å². The van der Waals surface area contributed by atoms with Gasteiger partial charge in [-0.25, -0.2) is 0 Å². The molecule has 28 heavy (non-hydrogen) atoms. The number of rotatable bonds is 8. The molecule has 0 heterocycles. The SMILES string of the molecule is Cc1ccc(CC(=O)N(Cc2ccc(Br)cc2)[C@H](C)C(=O)NCC(C)C)cc1. The first-order valence-electron chi connectivity index (χ1n) is 9.63. The molecule has 4 nitrogen and oxygen atoms in total. The fourth-order valence-corrected chi connectivity index (χ4v) is 3.07. The zero-order chi connectivity index (χ0) is 20.7. The third kappa shape index (κ3) is 6.79. The molecule has 5 heteroatoms. The summed E-state index contributed by atoms with van der Waals surface area (Å²) in [5, 5.41) is 2.94. The van der Waals surface area contributed by atoms with E-state index in [1.807, 2.05) is 69.3 Å². The van der Waals surface area contributed by atoms with Crippen molar-refractivity contribution in [3.8, 4) is 0 Å². The molecule has 0 saturated heterocycles. The van der Waals surface area contributed by atoms with Crippen molar-refractivity contribution in [2.45, 2.75) is 46.7 Å². The molecule has 0 bridgehead atoms. The van der Waals surface area contributed by atoms with E-state index in [4.69, 9.17) is 0 Å². The van der Waals surface area contributed by atoms with Crippen LogP contribution in [0, 0.1) is 12.8 Å². The van der Waals surface area contributed by atoms with Crippen LogP contribution in [0.2, 0.25) is 0 Å². The monoisotopic (exact) mass is 444 g/mol. The van der Waals surface area contributed by atoms with E-state index in [2.05, 4.69) is 21.2 Å². The summed E-state index contributed by atoms with van der Waals surface area (Å²) < 4.78 is 0.983. The van der Waals surface area contributed by atoms with Crippen LogP contribution in [0.3, 0.4) is 0 Å². The molecule has 0 spiro atoms. The van der Waals surface area contributed by atoms with Crippen molar-refractivity contribution in [2.75, 3.05) is 6.54 Å². The molecule has 150 valence electrons. The quantitative estimate of drug-likeness (QED) is 0.651. The molecule has 0 radical (unpaired) electrons. The Morgan fingerprint density at radius 3 is 2.11 bits per heavy atom. The Kier molecular flexibility index (Phi) is 8.24. The second-order valence-corrected chi connectivity index (χ2v) is 8.54. The molecule has 0 aliphatic carbocycles. The minimum atomic E-state index is -0.541. The number of halogens is 1. The number of aryl methyl sites for hydroxylation is 1. The molecule has 0 saturated carbocycles. The third-order valence-electron chi connectivity index (χ3n) is 4.59. The first-order chi connectivity index (χ1) is 13.3. The van der Waals surface area contributed by atoms with Gasteiger partial charge in [0.15, 0.2) is 0 Å². The lowest BCUT2D eigenvalue weighted by molar-refractivity contribution is -0.140. The Labute approximate surface area is 176 Å². The molecule has 0 unspecified atom stereocenters. The van der Waals surface area contributed by atoms with Gasteiger partial charge < -0.3 is 10.2 Å². The highest BCUT2D eigenvalue weighted by atomic mass is 79.9. The molecular weight excluding hydrogens is 416 g/mol. The van der Waals surface area contributed by atoms with Crippen LogP contribution >= 0.6 is 15.9 Å². The summed E-state index contributed by atoms with van der Waals surface area (Å²) in [6.07, 6.45) is 0.276. The van der Waals surface area contributed by atoms with Crippen LogP contribution in [0.15, 0.2) is 53.0 Å². The highest BCUT2D eigenvalue weighted by Crippen LogP contribution is 2.16. The van der Waals surface area contributed by atoms with E-state index in [-0.39, 0.29) is 18.2 Å². The zero-order valence-electron chi connectivity index (χ0n) is 17.0. The standard InChI is InChI=1S/C23H29BrN2O2/c1-16(2)14-25-23(28)18(4)26(15-20-9-11-21(24)12-10-20)22(27)13-19-7-5-17(3)6-8-19/h5-12,16,18H,13-15H2,1-4H3,(H,25,28)/t18-/m1/s1. The lowest BCUT2D eigenvalue weighted by Gasteiger charge is -2.29. The summed E-state index contributed by atoms with van der Waals surface area (Å²) in [5.74, 6) is 0.182. The highest BCUT2D eigenvalue weighted by Gasteiger charge is 2.26. The van der Waals surface area contributed by atoms with Crippen LogP contribution in [-0.2, 0) is 22.6 Å². The molecule has 1 atom stereocenters. The van der Waals surface area contributed by atoms with E-state index >= 15 is 0 Å². The van der Waals surface area contributed by atoms with Crippen LogP contribution in [0.5, 0.6) is 0 Å². The minimum absolute atomic E-state index is 0.0565. The number of hydrogen-bond donors (Lipinski definition) is 1. The topological polar surface area (TPSA) is 49.4 Å². The molecule has 1 N–H and O–H groups in total. The molecule has 2 rings (SSSR count). The lowest BCUT2D eigenvalue weighted by Crippen LogP contribution is -2.48. The molecule has 2 amide bonds. The number of carbonyl (C=O) groups excluding carboxylic acids is 2. The van der Waals surface area contributed by atoms with Gasteiger partial charge >= 0.3 is 0 Å². The summed E-state index contributed by atoms with van der Waals surface area (Å²) in [6, 6.07) is 15.2. The van der Waals surface area contributed by atoms with Crippen molar-refractivity contribution in [2.24, 2.45) is 5.92 Å². The van der Waals surface area contributed by atoms with Crippen LogP contribution in [0.25, 0.3) is 0 Å². The van der Waals surface area contributed by atoms with Crippen molar-refractivity contribution in [1.82, 2.24) is 10.2 Å². The van der Waals surface area contributed by atoms with Gasteiger partial charge in [-0.15, -0.1) is 0 Å². The van der Waals surface area contributed by atoms with Crippen molar-refractivity contribution < 1.29 is 9.59 Å². The Morgan fingerprint density at radius 1 is 0.964 bits per heavy atom. The first-order valence-corrected chi connectivity index (χ1v) is 10.4. The van der Waals surface area contributed by atoms with Gasteiger partial charge in [0.1, 0.15) is 6.04 Å². The number of hydrogen-bond acceptors (Lipinski definition) is 2. The van der Waals surface area contributed by atoms with Gasteiger partial charge in [-0.05, 0) is 43.0 Å². The Balaban J connectivity index is 2.18. The molecule has 0 aliphatic heterocycles. The van der Waals surface area contributed by atoms with E-state index in [1.165, 1.54) is 0 Å². The Bertz CT molecular complexity index is 785. The van der Waals surface area contributed by atoms with Crippen molar-refractivity contribution in [3.05, 3.63) is 69.7 Å². The maximum Gasteiger partial charge on any atom is 0.242 e. The molecule has 2 aromatic carbocycles. The number of carbonyl (C=O) groups is 2. The van der Waals surface area contributed by atoms with Crippen molar-refractivity contribution >= 4 is 27.7 Å². The fraction of sp³-hybridized carbons (Fsp3) is 0.391.